The van der Waals surface area contributed by atoms with Crippen molar-refractivity contribution >= 4 is 23.1 Å². The molecule has 0 saturated carbocycles. The van der Waals surface area contributed by atoms with Gasteiger partial charge in [-0.05, 0) is 42.5 Å². The number of nitro groups is 1. The number of hydrogen-bond donors (Lipinski definition) is 2. The third kappa shape index (κ3) is 4.65. The molecule has 2 atom stereocenters. The molecule has 7 nitrogen and oxygen atoms in total. The van der Waals surface area contributed by atoms with Gasteiger partial charge in [0, 0.05) is 47.0 Å². The van der Waals surface area contributed by atoms with Crippen LogP contribution < -0.4 is 10.6 Å². The van der Waals surface area contributed by atoms with Crippen LogP contribution in [0.25, 0.3) is 0 Å². The van der Waals surface area contributed by atoms with Crippen molar-refractivity contribution in [3.63, 3.8) is 0 Å². The molecule has 0 fully saturated rings. The molecule has 1 aliphatic heterocycles. The van der Waals surface area contributed by atoms with E-state index in [1.807, 2.05) is 30.3 Å². The van der Waals surface area contributed by atoms with Gasteiger partial charge in [0.25, 0.3) is 11.6 Å². The summed E-state index contributed by atoms with van der Waals surface area (Å²) >= 11 is 0. The Kier molecular flexibility index (Phi) is 6.40. The molecule has 1 aliphatic carbocycles. The fourth-order valence-corrected chi connectivity index (χ4v) is 5.20. The van der Waals surface area contributed by atoms with Crippen molar-refractivity contribution in [1.82, 2.24) is 5.32 Å². The number of nitro benzene ring substituents is 1. The highest BCUT2D eigenvalue weighted by atomic mass is 19.1. The summed E-state index contributed by atoms with van der Waals surface area (Å²) in [5, 5.41) is 17.4. The highest BCUT2D eigenvalue weighted by Gasteiger charge is 2.41. The maximum absolute atomic E-state index is 14.3. The number of anilines is 1. The Hall–Kier alpha value is -4.59. The van der Waals surface area contributed by atoms with Crippen molar-refractivity contribution in [1.29, 1.82) is 0 Å². The number of rotatable bonds is 5. The van der Waals surface area contributed by atoms with E-state index in [-0.39, 0.29) is 35.1 Å². The lowest BCUT2D eigenvalue weighted by atomic mass is 9.71. The summed E-state index contributed by atoms with van der Waals surface area (Å²) in [5.74, 6) is -2.19. The normalized spacial score (nSPS) is 19.2. The largest absolute Gasteiger partial charge is 0.362 e. The zero-order chi connectivity index (χ0) is 26.1. The average molecular weight is 498 g/mol. The van der Waals surface area contributed by atoms with Crippen molar-refractivity contribution in [3.05, 3.63) is 128 Å². The molecule has 0 spiro atoms. The number of carbonyl (C=O) groups is 2. The molecule has 0 bridgehead atoms. The highest BCUT2D eigenvalue weighted by Crippen LogP contribution is 2.46. The maximum Gasteiger partial charge on any atom is 0.269 e. The molecule has 1 heterocycles. The van der Waals surface area contributed by atoms with Crippen molar-refractivity contribution < 1.29 is 18.9 Å². The van der Waals surface area contributed by atoms with E-state index in [0.29, 0.717) is 29.0 Å². The molecule has 2 aliphatic rings. The number of amides is 1. The number of para-hydroxylation sites is 1. The topological polar surface area (TPSA) is 101 Å². The summed E-state index contributed by atoms with van der Waals surface area (Å²) < 4.78 is 14.3. The van der Waals surface area contributed by atoms with E-state index in [1.54, 1.807) is 19.1 Å². The van der Waals surface area contributed by atoms with Crippen molar-refractivity contribution in [2.24, 2.45) is 0 Å². The first-order valence-electron chi connectivity index (χ1n) is 11.9. The zero-order valence-electron chi connectivity index (χ0n) is 20.0. The molecule has 0 saturated heterocycles. The van der Waals surface area contributed by atoms with Gasteiger partial charge >= 0.3 is 0 Å². The summed E-state index contributed by atoms with van der Waals surface area (Å²) in [4.78, 5) is 38.2. The standard InChI is InChI=1S/C29H24FN3O4/c1-17-26(29(35)32-23-13-6-5-12-22(23)30)27(19-10-7-11-21(14-19)33(36)37)28-24(31-17)15-20(16-25(28)34)18-8-3-2-4-9-18/h2-14,20,27,31H,15-16H2,1H3,(H,32,35)/t20-,27+/m1/s1. The van der Waals surface area contributed by atoms with Crippen LogP contribution in [0.1, 0.15) is 42.7 Å². The van der Waals surface area contributed by atoms with Crippen molar-refractivity contribution in [3.8, 4) is 0 Å². The molecule has 186 valence electrons. The van der Waals surface area contributed by atoms with Gasteiger partial charge in [-0.3, -0.25) is 19.7 Å². The first-order chi connectivity index (χ1) is 17.8. The lowest BCUT2D eigenvalue weighted by Gasteiger charge is -2.37. The van der Waals surface area contributed by atoms with Crippen LogP contribution in [0.4, 0.5) is 15.8 Å². The van der Waals surface area contributed by atoms with Gasteiger partial charge in [0.2, 0.25) is 0 Å². The second-order valence-electron chi connectivity index (χ2n) is 9.21. The molecule has 0 radical (unpaired) electrons. The number of ketones is 1. The predicted octanol–water partition coefficient (Wildman–Crippen LogP) is 5.73. The smallest absolute Gasteiger partial charge is 0.269 e. The Balaban J connectivity index is 1.60. The molecule has 8 heteroatoms. The molecule has 5 rings (SSSR count). The Labute approximate surface area is 212 Å². The van der Waals surface area contributed by atoms with Crippen molar-refractivity contribution in [2.75, 3.05) is 5.32 Å². The minimum absolute atomic E-state index is 0.00415. The van der Waals surface area contributed by atoms with Crippen LogP contribution in [0.3, 0.4) is 0 Å². The van der Waals surface area contributed by atoms with E-state index >= 15 is 0 Å². The van der Waals surface area contributed by atoms with E-state index in [2.05, 4.69) is 10.6 Å². The molecule has 2 N–H and O–H groups in total. The number of non-ortho nitro benzene ring substituents is 1. The maximum atomic E-state index is 14.3. The molecule has 0 unspecified atom stereocenters. The molecule has 0 aromatic heterocycles. The Morgan fingerprint density at radius 2 is 1.70 bits per heavy atom. The fraction of sp³-hybridized carbons (Fsp3) is 0.172. The summed E-state index contributed by atoms with van der Waals surface area (Å²) in [6.45, 7) is 1.72. The number of allylic oxidation sites excluding steroid dienone is 3. The fourth-order valence-electron chi connectivity index (χ4n) is 5.20. The van der Waals surface area contributed by atoms with Crippen LogP contribution in [0, 0.1) is 15.9 Å². The second-order valence-corrected chi connectivity index (χ2v) is 9.21. The van der Waals surface area contributed by atoms with Gasteiger partial charge in [-0.25, -0.2) is 4.39 Å². The van der Waals surface area contributed by atoms with E-state index < -0.39 is 22.6 Å². The minimum Gasteiger partial charge on any atom is -0.362 e. The summed E-state index contributed by atoms with van der Waals surface area (Å²) in [6.07, 6.45) is 0.799. The van der Waals surface area contributed by atoms with E-state index in [0.717, 1.165) is 5.56 Å². The number of nitrogens with one attached hydrogen (secondary N) is 2. The van der Waals surface area contributed by atoms with Crippen LogP contribution in [-0.4, -0.2) is 16.6 Å². The molecule has 37 heavy (non-hydrogen) atoms. The zero-order valence-corrected chi connectivity index (χ0v) is 20.0. The third-order valence-electron chi connectivity index (χ3n) is 6.88. The first-order valence-corrected chi connectivity index (χ1v) is 11.9. The lowest BCUT2D eigenvalue weighted by molar-refractivity contribution is -0.384. The number of Topliss-reactive ketones (excluding diaryl/α,β-unsaturated/α-hetero) is 1. The summed E-state index contributed by atoms with van der Waals surface area (Å²) in [7, 11) is 0. The Morgan fingerprint density at radius 3 is 2.43 bits per heavy atom. The number of nitrogens with zero attached hydrogens (tertiary/aromatic N) is 1. The number of dihydropyridines is 1. The molecule has 3 aromatic rings. The lowest BCUT2D eigenvalue weighted by Crippen LogP contribution is -2.37. The number of halogens is 1. The quantitative estimate of drug-likeness (QED) is 0.346. The average Bonchev–Trinajstić information content (AvgIpc) is 2.89. The van der Waals surface area contributed by atoms with Gasteiger partial charge in [0.1, 0.15) is 5.82 Å². The number of hydrogen-bond acceptors (Lipinski definition) is 5. The van der Waals surface area contributed by atoms with Gasteiger partial charge in [0.15, 0.2) is 5.78 Å². The number of benzene rings is 3. The Bertz CT molecular complexity index is 1480. The van der Waals surface area contributed by atoms with E-state index in [9.17, 15) is 24.1 Å². The van der Waals surface area contributed by atoms with E-state index in [4.69, 9.17) is 0 Å². The van der Waals surface area contributed by atoms with Gasteiger partial charge in [0.05, 0.1) is 10.6 Å². The van der Waals surface area contributed by atoms with Crippen LogP contribution in [0.15, 0.2) is 101 Å². The van der Waals surface area contributed by atoms with Gasteiger partial charge < -0.3 is 10.6 Å². The molecular weight excluding hydrogens is 473 g/mol. The van der Waals surface area contributed by atoms with Crippen LogP contribution in [-0.2, 0) is 9.59 Å². The highest BCUT2D eigenvalue weighted by molar-refractivity contribution is 6.10. The van der Waals surface area contributed by atoms with Crippen LogP contribution in [0.5, 0.6) is 0 Å². The van der Waals surface area contributed by atoms with Crippen molar-refractivity contribution in [2.45, 2.75) is 31.6 Å². The predicted molar refractivity (Wildman–Crippen MR) is 137 cm³/mol. The van der Waals surface area contributed by atoms with Crippen LogP contribution in [0.2, 0.25) is 0 Å². The van der Waals surface area contributed by atoms with Gasteiger partial charge in [-0.15, -0.1) is 0 Å². The Morgan fingerprint density at radius 1 is 1.00 bits per heavy atom. The summed E-state index contributed by atoms with van der Waals surface area (Å²) in [5.41, 5.74) is 3.19. The SMILES string of the molecule is CC1=C(C(=O)Nc2ccccc2F)[C@H](c2cccc([N+](=O)[O-])c2)C2=C(C[C@@H](c3ccccc3)CC2=O)N1. The third-order valence-corrected chi connectivity index (χ3v) is 6.88. The second kappa shape index (κ2) is 9.81. The monoisotopic (exact) mass is 497 g/mol. The first kappa shape index (κ1) is 24.1. The van der Waals surface area contributed by atoms with Gasteiger partial charge in [-0.1, -0.05) is 54.6 Å². The molecule has 1 amide bonds. The molecular formula is C29H24FN3O4. The van der Waals surface area contributed by atoms with E-state index in [1.165, 1.54) is 36.4 Å². The summed E-state index contributed by atoms with van der Waals surface area (Å²) in [6, 6.07) is 21.5. The molecule has 3 aromatic carbocycles. The minimum atomic E-state index is -0.841. The van der Waals surface area contributed by atoms with Gasteiger partial charge in [-0.2, -0.15) is 0 Å². The number of carbonyl (C=O) groups excluding carboxylic acids is 2. The van der Waals surface area contributed by atoms with Crippen LogP contribution >= 0.6 is 0 Å².